The van der Waals surface area contributed by atoms with Gasteiger partial charge in [0.25, 0.3) is 0 Å². The number of nitrogens with one attached hydrogen (secondary N) is 4. The largest absolute Gasteiger partial charge is 0.383 e. The minimum absolute atomic E-state index is 0.110. The molecular formula is C24H30N6O5S2. The molecule has 0 amide bonds. The van der Waals surface area contributed by atoms with E-state index in [4.69, 9.17) is 4.74 Å². The van der Waals surface area contributed by atoms with Crippen molar-refractivity contribution in [3.05, 3.63) is 65.9 Å². The van der Waals surface area contributed by atoms with Crippen LogP contribution in [0.2, 0.25) is 0 Å². The number of hydrogen-bond donors (Lipinski definition) is 4. The fourth-order valence-electron chi connectivity index (χ4n) is 3.38. The number of aryl methyl sites for hydroxylation is 1. The van der Waals surface area contributed by atoms with Gasteiger partial charge in [-0.15, -0.1) is 0 Å². The van der Waals surface area contributed by atoms with Gasteiger partial charge in [0.15, 0.2) is 0 Å². The van der Waals surface area contributed by atoms with Gasteiger partial charge < -0.3 is 15.4 Å². The third-order valence-corrected chi connectivity index (χ3v) is 8.98. The molecule has 1 aliphatic rings. The summed E-state index contributed by atoms with van der Waals surface area (Å²) >= 11 is 0. The van der Waals surface area contributed by atoms with Crippen LogP contribution in [0.15, 0.2) is 59.6 Å². The van der Waals surface area contributed by atoms with Gasteiger partial charge in [-0.3, -0.25) is 0 Å². The van der Waals surface area contributed by atoms with Crippen LogP contribution in [0, 0.1) is 6.92 Å². The first-order chi connectivity index (χ1) is 17.7. The maximum Gasteiger partial charge on any atom is 0.240 e. The molecule has 1 fully saturated rings. The van der Waals surface area contributed by atoms with E-state index in [0.717, 1.165) is 29.7 Å². The number of ether oxygens (including phenoxy) is 1. The Morgan fingerprint density at radius 1 is 0.973 bits per heavy atom. The summed E-state index contributed by atoms with van der Waals surface area (Å²) in [5, 5.41) is 6.04. The number of aromatic nitrogens is 2. The highest BCUT2D eigenvalue weighted by atomic mass is 32.2. The molecule has 0 aliphatic heterocycles. The van der Waals surface area contributed by atoms with Crippen molar-refractivity contribution in [1.29, 1.82) is 0 Å². The van der Waals surface area contributed by atoms with E-state index in [1.165, 1.54) is 19.2 Å². The van der Waals surface area contributed by atoms with Crippen molar-refractivity contribution in [2.75, 3.05) is 30.9 Å². The molecule has 3 aromatic rings. The Hall–Kier alpha value is -3.10. The van der Waals surface area contributed by atoms with Crippen LogP contribution in [-0.4, -0.2) is 52.3 Å². The molecule has 1 heterocycles. The van der Waals surface area contributed by atoms with Crippen molar-refractivity contribution in [3.63, 3.8) is 0 Å². The molecule has 1 aromatic heterocycles. The number of sulfonamides is 2. The van der Waals surface area contributed by atoms with Crippen LogP contribution in [0.25, 0.3) is 0 Å². The maximum absolute atomic E-state index is 12.5. The molecule has 0 unspecified atom stereocenters. The molecule has 4 N–H and O–H groups in total. The average molecular weight is 547 g/mol. The molecule has 0 radical (unpaired) electrons. The van der Waals surface area contributed by atoms with Crippen LogP contribution in [0.4, 0.5) is 23.1 Å². The quantitative estimate of drug-likeness (QED) is 0.237. The fraction of sp³-hybridized carbons (Fsp3) is 0.333. The SMILES string of the molecule is COCCNS(=O)(=O)c1cccc(Nc2ncc(C)c(Nc3ccc(CNS(=O)(=O)C4CC4)cc3)n2)c1. The lowest BCUT2D eigenvalue weighted by Gasteiger charge is -2.12. The Labute approximate surface area is 217 Å². The molecule has 0 spiro atoms. The van der Waals surface area contributed by atoms with Crippen molar-refractivity contribution >= 4 is 43.2 Å². The maximum atomic E-state index is 12.5. The van der Waals surface area contributed by atoms with Gasteiger partial charge in [0.05, 0.1) is 16.8 Å². The molecule has 11 nitrogen and oxygen atoms in total. The van der Waals surface area contributed by atoms with E-state index in [0.29, 0.717) is 17.5 Å². The predicted octanol–water partition coefficient (Wildman–Crippen LogP) is 2.78. The highest BCUT2D eigenvalue weighted by molar-refractivity contribution is 7.90. The second-order valence-electron chi connectivity index (χ2n) is 8.66. The van der Waals surface area contributed by atoms with Crippen molar-refractivity contribution < 1.29 is 21.6 Å². The summed E-state index contributed by atoms with van der Waals surface area (Å²) in [7, 11) is -5.41. The zero-order valence-corrected chi connectivity index (χ0v) is 22.2. The summed E-state index contributed by atoms with van der Waals surface area (Å²) in [5.41, 5.74) is 2.95. The van der Waals surface area contributed by atoms with Gasteiger partial charge in [-0.25, -0.2) is 31.3 Å². The minimum Gasteiger partial charge on any atom is -0.383 e. The average Bonchev–Trinajstić information content (AvgIpc) is 3.73. The van der Waals surface area contributed by atoms with Crippen LogP contribution >= 0.6 is 0 Å². The first-order valence-electron chi connectivity index (χ1n) is 11.7. The van der Waals surface area contributed by atoms with Gasteiger partial charge in [0.1, 0.15) is 5.82 Å². The van der Waals surface area contributed by atoms with Crippen LogP contribution < -0.4 is 20.1 Å². The zero-order chi connectivity index (χ0) is 26.5. The van der Waals surface area contributed by atoms with Crippen LogP contribution in [-0.2, 0) is 31.3 Å². The number of hydrogen-bond acceptors (Lipinski definition) is 9. The highest BCUT2D eigenvalue weighted by Crippen LogP contribution is 2.28. The highest BCUT2D eigenvalue weighted by Gasteiger charge is 2.35. The summed E-state index contributed by atoms with van der Waals surface area (Å²) in [6, 6.07) is 13.7. The monoisotopic (exact) mass is 546 g/mol. The standard InChI is InChI=1S/C24H30N6O5S2/c1-17-15-25-24(29-20-4-3-5-22(14-20)37(33,34)26-12-13-35-2)30-23(17)28-19-8-6-18(7-9-19)16-27-36(31,32)21-10-11-21/h3-9,14-15,21,26-27H,10-13,16H2,1-2H3,(H2,25,28,29,30). The van der Waals surface area contributed by atoms with Gasteiger partial charge in [0.2, 0.25) is 26.0 Å². The molecule has 2 aromatic carbocycles. The second kappa shape index (κ2) is 11.5. The zero-order valence-electron chi connectivity index (χ0n) is 20.6. The Kier molecular flexibility index (Phi) is 8.39. The lowest BCUT2D eigenvalue weighted by Crippen LogP contribution is -2.27. The molecule has 0 bridgehead atoms. The summed E-state index contributed by atoms with van der Waals surface area (Å²) in [6.45, 7) is 2.55. The molecule has 198 valence electrons. The van der Waals surface area contributed by atoms with Crippen LogP contribution in [0.3, 0.4) is 0 Å². The first kappa shape index (κ1) is 26.9. The van der Waals surface area contributed by atoms with Crippen LogP contribution in [0.5, 0.6) is 0 Å². The van der Waals surface area contributed by atoms with E-state index in [1.54, 1.807) is 18.3 Å². The first-order valence-corrected chi connectivity index (χ1v) is 14.7. The van der Waals surface area contributed by atoms with Crippen LogP contribution in [0.1, 0.15) is 24.0 Å². The van der Waals surface area contributed by atoms with Gasteiger partial charge in [-0.1, -0.05) is 18.2 Å². The molecule has 37 heavy (non-hydrogen) atoms. The number of anilines is 4. The van der Waals surface area contributed by atoms with Crippen molar-refractivity contribution in [3.8, 4) is 0 Å². The summed E-state index contributed by atoms with van der Waals surface area (Å²) in [5.74, 6) is 0.866. The molecule has 0 saturated heterocycles. The van der Waals surface area contributed by atoms with E-state index in [-0.39, 0.29) is 29.8 Å². The van der Waals surface area contributed by atoms with Crippen molar-refractivity contribution in [2.24, 2.45) is 0 Å². The van der Waals surface area contributed by atoms with Crippen molar-refractivity contribution in [2.45, 2.75) is 36.5 Å². The van der Waals surface area contributed by atoms with E-state index < -0.39 is 20.0 Å². The molecule has 1 aliphatic carbocycles. The van der Waals surface area contributed by atoms with Crippen molar-refractivity contribution in [1.82, 2.24) is 19.4 Å². The predicted molar refractivity (Wildman–Crippen MR) is 142 cm³/mol. The van der Waals surface area contributed by atoms with Gasteiger partial charge in [-0.2, -0.15) is 4.98 Å². The Morgan fingerprint density at radius 2 is 1.73 bits per heavy atom. The summed E-state index contributed by atoms with van der Waals surface area (Å²) in [4.78, 5) is 8.94. The molecular weight excluding hydrogens is 516 g/mol. The number of nitrogens with zero attached hydrogens (tertiary/aromatic N) is 2. The third kappa shape index (κ3) is 7.46. The normalized spacial score (nSPS) is 13.9. The lowest BCUT2D eigenvalue weighted by molar-refractivity contribution is 0.204. The Balaban J connectivity index is 1.41. The smallest absolute Gasteiger partial charge is 0.240 e. The number of rotatable bonds is 13. The number of methoxy groups -OCH3 is 1. The minimum atomic E-state index is -3.68. The molecule has 13 heteroatoms. The van der Waals surface area contributed by atoms with Gasteiger partial charge in [-0.05, 0) is 55.7 Å². The Morgan fingerprint density at radius 3 is 2.43 bits per heavy atom. The summed E-state index contributed by atoms with van der Waals surface area (Å²) in [6.07, 6.45) is 3.11. The number of benzene rings is 2. The molecule has 1 saturated carbocycles. The Bertz CT molecular complexity index is 1440. The topological polar surface area (TPSA) is 151 Å². The van der Waals surface area contributed by atoms with E-state index in [1.807, 2.05) is 31.2 Å². The third-order valence-electron chi connectivity index (χ3n) is 5.63. The molecule has 0 atom stereocenters. The van der Waals surface area contributed by atoms with E-state index in [9.17, 15) is 16.8 Å². The van der Waals surface area contributed by atoms with E-state index in [2.05, 4.69) is 30.0 Å². The van der Waals surface area contributed by atoms with E-state index >= 15 is 0 Å². The fourth-order valence-corrected chi connectivity index (χ4v) is 5.80. The molecule has 4 rings (SSSR count). The van der Waals surface area contributed by atoms with Gasteiger partial charge in [0, 0.05) is 43.3 Å². The summed E-state index contributed by atoms with van der Waals surface area (Å²) < 4.78 is 59.0. The van der Waals surface area contributed by atoms with Gasteiger partial charge >= 0.3 is 0 Å². The lowest BCUT2D eigenvalue weighted by atomic mass is 10.2. The second-order valence-corrected chi connectivity index (χ2v) is 12.5.